The predicted octanol–water partition coefficient (Wildman–Crippen LogP) is 2.92. The lowest BCUT2D eigenvalue weighted by Gasteiger charge is -2.36. The van der Waals surface area contributed by atoms with Gasteiger partial charge >= 0.3 is 5.97 Å². The SMILES string of the molecule is COc1c(C)c(C)cc(C)c1N(C)C(C)(C)C(=O)O. The standard InChI is InChI=1S/C15H23NO3/c1-9-8-10(2)12(13(19-7)11(9)3)16(6)15(4,5)14(17)18/h8H,1-7H3,(H,17,18). The number of anilines is 1. The minimum atomic E-state index is -1.00. The van der Waals surface area contributed by atoms with Crippen LogP contribution in [0, 0.1) is 20.8 Å². The van der Waals surface area contributed by atoms with Crippen LogP contribution in [-0.2, 0) is 4.79 Å². The number of likely N-dealkylation sites (N-methyl/N-ethyl adjacent to an activating group) is 1. The number of hydrogen-bond donors (Lipinski definition) is 1. The van der Waals surface area contributed by atoms with Gasteiger partial charge in [-0.05, 0) is 51.3 Å². The summed E-state index contributed by atoms with van der Waals surface area (Å²) in [5.41, 5.74) is 3.02. The topological polar surface area (TPSA) is 49.8 Å². The third kappa shape index (κ3) is 2.53. The molecule has 0 saturated heterocycles. The highest BCUT2D eigenvalue weighted by atomic mass is 16.5. The van der Waals surface area contributed by atoms with Gasteiger partial charge in [0.1, 0.15) is 11.3 Å². The summed E-state index contributed by atoms with van der Waals surface area (Å²) in [6, 6.07) is 2.06. The molecule has 19 heavy (non-hydrogen) atoms. The van der Waals surface area contributed by atoms with E-state index >= 15 is 0 Å². The molecular formula is C15H23NO3. The molecule has 0 unspecified atom stereocenters. The summed E-state index contributed by atoms with van der Waals surface area (Å²) < 4.78 is 5.50. The molecule has 0 aliphatic heterocycles. The van der Waals surface area contributed by atoms with Crippen molar-refractivity contribution in [3.63, 3.8) is 0 Å². The molecule has 0 aliphatic rings. The molecule has 0 saturated carbocycles. The van der Waals surface area contributed by atoms with Crippen LogP contribution < -0.4 is 9.64 Å². The van der Waals surface area contributed by atoms with E-state index in [4.69, 9.17) is 4.74 Å². The zero-order chi connectivity index (χ0) is 15.0. The first-order chi connectivity index (χ1) is 8.64. The number of benzene rings is 1. The average molecular weight is 265 g/mol. The van der Waals surface area contributed by atoms with E-state index < -0.39 is 11.5 Å². The molecule has 0 atom stereocenters. The molecule has 4 nitrogen and oxygen atoms in total. The van der Waals surface area contributed by atoms with Gasteiger partial charge in [0.25, 0.3) is 0 Å². The van der Waals surface area contributed by atoms with Crippen molar-refractivity contribution >= 4 is 11.7 Å². The first kappa shape index (κ1) is 15.3. The highest BCUT2D eigenvalue weighted by Gasteiger charge is 2.34. The highest BCUT2D eigenvalue weighted by Crippen LogP contribution is 2.39. The van der Waals surface area contributed by atoms with E-state index in [0.717, 1.165) is 28.1 Å². The normalized spacial score (nSPS) is 11.3. The van der Waals surface area contributed by atoms with Crippen LogP contribution in [0.1, 0.15) is 30.5 Å². The van der Waals surface area contributed by atoms with Crippen LogP contribution >= 0.6 is 0 Å². The van der Waals surface area contributed by atoms with Crippen molar-refractivity contribution in [3.05, 3.63) is 22.8 Å². The second-order valence-corrected chi connectivity index (χ2v) is 5.44. The lowest BCUT2D eigenvalue weighted by molar-refractivity contribution is -0.142. The summed E-state index contributed by atoms with van der Waals surface area (Å²) in [7, 11) is 3.40. The molecule has 0 radical (unpaired) electrons. The lowest BCUT2D eigenvalue weighted by Crippen LogP contribution is -2.48. The van der Waals surface area contributed by atoms with E-state index in [1.165, 1.54) is 0 Å². The molecule has 1 aromatic rings. The van der Waals surface area contributed by atoms with Gasteiger partial charge in [0.05, 0.1) is 12.8 Å². The number of hydrogen-bond acceptors (Lipinski definition) is 3. The minimum Gasteiger partial charge on any atom is -0.494 e. The molecule has 1 aromatic carbocycles. The van der Waals surface area contributed by atoms with Gasteiger partial charge in [-0.15, -0.1) is 0 Å². The zero-order valence-corrected chi connectivity index (χ0v) is 12.8. The first-order valence-corrected chi connectivity index (χ1v) is 6.26. The summed E-state index contributed by atoms with van der Waals surface area (Å²) in [6.45, 7) is 9.35. The molecule has 0 aliphatic carbocycles. The number of carbonyl (C=O) groups is 1. The third-order valence-electron chi connectivity index (χ3n) is 3.86. The Balaban J connectivity index is 3.51. The fraction of sp³-hybridized carbons (Fsp3) is 0.533. The fourth-order valence-corrected chi connectivity index (χ4v) is 2.13. The van der Waals surface area contributed by atoms with Gasteiger partial charge in [-0.25, -0.2) is 4.79 Å². The van der Waals surface area contributed by atoms with E-state index in [2.05, 4.69) is 6.07 Å². The second kappa shape index (κ2) is 5.11. The molecule has 0 spiro atoms. The van der Waals surface area contributed by atoms with Crippen LogP contribution in [0.5, 0.6) is 5.75 Å². The fourth-order valence-electron chi connectivity index (χ4n) is 2.13. The minimum absolute atomic E-state index is 0.745. The van der Waals surface area contributed by atoms with Crippen LogP contribution in [0.3, 0.4) is 0 Å². The van der Waals surface area contributed by atoms with Crippen LogP contribution in [0.4, 0.5) is 5.69 Å². The van der Waals surface area contributed by atoms with Crippen molar-refractivity contribution in [3.8, 4) is 5.75 Å². The van der Waals surface area contributed by atoms with Gasteiger partial charge in [0, 0.05) is 7.05 Å². The summed E-state index contributed by atoms with van der Waals surface area (Å²) >= 11 is 0. The molecule has 0 heterocycles. The Kier molecular flexibility index (Phi) is 4.13. The monoisotopic (exact) mass is 265 g/mol. The Bertz CT molecular complexity index is 507. The van der Waals surface area contributed by atoms with Crippen molar-refractivity contribution in [2.24, 2.45) is 0 Å². The molecule has 0 amide bonds. The predicted molar refractivity (Wildman–Crippen MR) is 77.3 cm³/mol. The lowest BCUT2D eigenvalue weighted by atomic mass is 9.97. The molecular weight excluding hydrogens is 242 g/mol. The van der Waals surface area contributed by atoms with Crippen molar-refractivity contribution in [2.75, 3.05) is 19.1 Å². The Labute approximate surface area is 115 Å². The molecule has 0 aromatic heterocycles. The summed E-state index contributed by atoms with van der Waals surface area (Å²) in [5, 5.41) is 9.37. The number of aliphatic carboxylic acids is 1. The number of nitrogens with zero attached hydrogens (tertiary/aromatic N) is 1. The Morgan fingerprint density at radius 3 is 2.21 bits per heavy atom. The maximum Gasteiger partial charge on any atom is 0.328 e. The number of rotatable bonds is 4. The van der Waals surface area contributed by atoms with E-state index in [9.17, 15) is 9.90 Å². The van der Waals surface area contributed by atoms with Crippen molar-refractivity contribution in [2.45, 2.75) is 40.2 Å². The average Bonchev–Trinajstić information content (AvgIpc) is 2.32. The van der Waals surface area contributed by atoms with Crippen molar-refractivity contribution in [1.29, 1.82) is 0 Å². The molecule has 0 fully saturated rings. The third-order valence-corrected chi connectivity index (χ3v) is 3.86. The van der Waals surface area contributed by atoms with Gasteiger partial charge in [-0.1, -0.05) is 6.07 Å². The molecule has 4 heteroatoms. The van der Waals surface area contributed by atoms with Gasteiger partial charge in [0.15, 0.2) is 0 Å². The molecule has 1 rings (SSSR count). The first-order valence-electron chi connectivity index (χ1n) is 6.26. The van der Waals surface area contributed by atoms with Gasteiger partial charge in [-0.2, -0.15) is 0 Å². The van der Waals surface area contributed by atoms with Crippen molar-refractivity contribution < 1.29 is 14.6 Å². The maximum absolute atomic E-state index is 11.4. The number of aryl methyl sites for hydroxylation is 2. The van der Waals surface area contributed by atoms with E-state index in [1.807, 2.05) is 20.8 Å². The number of carboxylic acid groups (broad SMARTS) is 1. The van der Waals surface area contributed by atoms with E-state index in [0.29, 0.717) is 0 Å². The summed E-state index contributed by atoms with van der Waals surface area (Å²) in [4.78, 5) is 13.2. The number of ether oxygens (including phenoxy) is 1. The quantitative estimate of drug-likeness (QED) is 0.909. The Morgan fingerprint density at radius 1 is 1.26 bits per heavy atom. The van der Waals surface area contributed by atoms with E-state index in [1.54, 1.807) is 32.9 Å². The van der Waals surface area contributed by atoms with E-state index in [-0.39, 0.29) is 0 Å². The Morgan fingerprint density at radius 2 is 1.79 bits per heavy atom. The Hall–Kier alpha value is -1.71. The summed E-state index contributed by atoms with van der Waals surface area (Å²) in [6.07, 6.45) is 0. The summed E-state index contributed by atoms with van der Waals surface area (Å²) in [5.74, 6) is -0.121. The van der Waals surface area contributed by atoms with Crippen LogP contribution in [-0.4, -0.2) is 30.8 Å². The number of methoxy groups -OCH3 is 1. The van der Waals surface area contributed by atoms with Crippen LogP contribution in [0.2, 0.25) is 0 Å². The largest absolute Gasteiger partial charge is 0.494 e. The van der Waals surface area contributed by atoms with Crippen LogP contribution in [0.15, 0.2) is 6.07 Å². The number of carboxylic acids is 1. The van der Waals surface area contributed by atoms with Crippen LogP contribution in [0.25, 0.3) is 0 Å². The van der Waals surface area contributed by atoms with Gasteiger partial charge < -0.3 is 14.7 Å². The molecule has 1 N–H and O–H groups in total. The molecule has 0 bridgehead atoms. The molecule has 106 valence electrons. The van der Waals surface area contributed by atoms with Crippen molar-refractivity contribution in [1.82, 2.24) is 0 Å². The highest BCUT2D eigenvalue weighted by molar-refractivity contribution is 5.84. The smallest absolute Gasteiger partial charge is 0.328 e. The second-order valence-electron chi connectivity index (χ2n) is 5.44. The maximum atomic E-state index is 11.4. The zero-order valence-electron chi connectivity index (χ0n) is 12.8. The van der Waals surface area contributed by atoms with Gasteiger partial charge in [0.2, 0.25) is 0 Å². The van der Waals surface area contributed by atoms with Gasteiger partial charge in [-0.3, -0.25) is 0 Å².